The van der Waals surface area contributed by atoms with Gasteiger partial charge in [-0.25, -0.2) is 0 Å². The maximum atomic E-state index is 8.89. The van der Waals surface area contributed by atoms with Gasteiger partial charge in [-0.15, -0.1) is 0 Å². The minimum Gasteiger partial charge on any atom is -0.396 e. The van der Waals surface area contributed by atoms with E-state index in [0.717, 1.165) is 37.6 Å². The molecule has 0 saturated carbocycles. The van der Waals surface area contributed by atoms with Crippen LogP contribution in [0.4, 0.5) is 0 Å². The summed E-state index contributed by atoms with van der Waals surface area (Å²) in [5.74, 6) is 0.674. The first-order valence-corrected chi connectivity index (χ1v) is 6.68. The Bertz CT molecular complexity index is 365. The molecule has 102 valence electrons. The van der Waals surface area contributed by atoms with Gasteiger partial charge in [-0.05, 0) is 12.0 Å². The smallest absolute Gasteiger partial charge is 0.114 e. The van der Waals surface area contributed by atoms with Gasteiger partial charge in [0.05, 0.1) is 12.3 Å². The topological polar surface area (TPSA) is 61.4 Å². The van der Waals surface area contributed by atoms with E-state index in [1.165, 1.54) is 0 Å². The second-order valence-electron chi connectivity index (χ2n) is 5.30. The fourth-order valence-electron chi connectivity index (χ4n) is 2.36. The van der Waals surface area contributed by atoms with Crippen LogP contribution in [0.15, 0.2) is 6.07 Å². The van der Waals surface area contributed by atoms with Gasteiger partial charge in [-0.1, -0.05) is 13.8 Å². The van der Waals surface area contributed by atoms with Gasteiger partial charge in [0.15, 0.2) is 0 Å². The summed E-state index contributed by atoms with van der Waals surface area (Å²) in [6.45, 7) is 8.39. The van der Waals surface area contributed by atoms with Crippen LogP contribution in [0.3, 0.4) is 0 Å². The van der Waals surface area contributed by atoms with Crippen LogP contribution in [-0.4, -0.2) is 53.1 Å². The molecule has 5 heteroatoms. The molecule has 1 fully saturated rings. The molecule has 2 rings (SSSR count). The van der Waals surface area contributed by atoms with Gasteiger partial charge in [0.1, 0.15) is 6.10 Å². The zero-order chi connectivity index (χ0) is 13.0. The predicted octanol–water partition coefficient (Wildman–Crippen LogP) is 0.974. The number of nitrogens with zero attached hydrogens (tertiary/aromatic N) is 2. The quantitative estimate of drug-likeness (QED) is 0.821. The first-order chi connectivity index (χ1) is 8.69. The van der Waals surface area contributed by atoms with Crippen molar-refractivity contribution in [2.24, 2.45) is 5.92 Å². The molecule has 1 aromatic rings. The van der Waals surface area contributed by atoms with Crippen molar-refractivity contribution < 1.29 is 9.84 Å². The van der Waals surface area contributed by atoms with E-state index in [0.29, 0.717) is 12.3 Å². The summed E-state index contributed by atoms with van der Waals surface area (Å²) in [5, 5.41) is 16.1. The SMILES string of the molecule is CC(C)CN1CCOC(c2cc(CCO)[nH]n2)C1. The molecule has 1 unspecified atom stereocenters. The summed E-state index contributed by atoms with van der Waals surface area (Å²) in [6, 6.07) is 2.00. The van der Waals surface area contributed by atoms with Crippen LogP contribution in [0.5, 0.6) is 0 Å². The van der Waals surface area contributed by atoms with Crippen molar-refractivity contribution in [1.29, 1.82) is 0 Å². The van der Waals surface area contributed by atoms with Crippen LogP contribution in [0, 0.1) is 5.92 Å². The maximum absolute atomic E-state index is 8.89. The average Bonchev–Trinajstić information content (AvgIpc) is 2.78. The van der Waals surface area contributed by atoms with Crippen LogP contribution in [0.2, 0.25) is 0 Å². The summed E-state index contributed by atoms with van der Waals surface area (Å²) < 4.78 is 5.78. The molecule has 0 amide bonds. The highest BCUT2D eigenvalue weighted by Crippen LogP contribution is 2.21. The van der Waals surface area contributed by atoms with Crippen molar-refractivity contribution in [3.63, 3.8) is 0 Å². The van der Waals surface area contributed by atoms with Gasteiger partial charge in [-0.3, -0.25) is 10.00 Å². The van der Waals surface area contributed by atoms with Crippen LogP contribution < -0.4 is 0 Å². The number of aromatic nitrogens is 2. The number of morpholine rings is 1. The van der Waals surface area contributed by atoms with Crippen molar-refractivity contribution in [2.75, 3.05) is 32.8 Å². The zero-order valence-corrected chi connectivity index (χ0v) is 11.2. The standard InChI is InChI=1S/C13H23N3O2/c1-10(2)8-16-4-6-18-13(9-16)12-7-11(3-5-17)14-15-12/h7,10,13,17H,3-6,8-9H2,1-2H3,(H,14,15). The van der Waals surface area contributed by atoms with Crippen molar-refractivity contribution in [3.05, 3.63) is 17.5 Å². The lowest BCUT2D eigenvalue weighted by Gasteiger charge is -2.33. The van der Waals surface area contributed by atoms with E-state index in [4.69, 9.17) is 9.84 Å². The Morgan fingerprint density at radius 1 is 1.61 bits per heavy atom. The lowest BCUT2D eigenvalue weighted by molar-refractivity contribution is -0.0352. The van der Waals surface area contributed by atoms with E-state index < -0.39 is 0 Å². The molecular weight excluding hydrogens is 230 g/mol. The number of H-pyrrole nitrogens is 1. The van der Waals surface area contributed by atoms with Gasteiger partial charge < -0.3 is 9.84 Å². The molecule has 1 saturated heterocycles. The molecule has 1 aliphatic rings. The van der Waals surface area contributed by atoms with Crippen LogP contribution in [-0.2, 0) is 11.2 Å². The number of aliphatic hydroxyl groups excluding tert-OH is 1. The molecule has 5 nitrogen and oxygen atoms in total. The van der Waals surface area contributed by atoms with E-state index in [1.54, 1.807) is 0 Å². The van der Waals surface area contributed by atoms with E-state index in [9.17, 15) is 0 Å². The summed E-state index contributed by atoms with van der Waals surface area (Å²) in [4.78, 5) is 2.43. The second-order valence-corrected chi connectivity index (χ2v) is 5.30. The van der Waals surface area contributed by atoms with Crippen LogP contribution in [0.1, 0.15) is 31.3 Å². The lowest BCUT2D eigenvalue weighted by Crippen LogP contribution is -2.40. The minimum absolute atomic E-state index is 0.0567. The Balaban J connectivity index is 1.94. The number of hydrogen-bond donors (Lipinski definition) is 2. The summed E-state index contributed by atoms with van der Waals surface area (Å²) >= 11 is 0. The van der Waals surface area contributed by atoms with E-state index in [-0.39, 0.29) is 12.7 Å². The lowest BCUT2D eigenvalue weighted by atomic mass is 10.1. The molecule has 0 radical (unpaired) electrons. The second kappa shape index (κ2) is 6.31. The van der Waals surface area contributed by atoms with Crippen molar-refractivity contribution in [1.82, 2.24) is 15.1 Å². The molecule has 0 spiro atoms. The fraction of sp³-hybridized carbons (Fsp3) is 0.769. The number of aliphatic hydroxyl groups is 1. The Morgan fingerprint density at radius 2 is 2.44 bits per heavy atom. The molecule has 0 bridgehead atoms. The van der Waals surface area contributed by atoms with Gasteiger partial charge in [0.25, 0.3) is 0 Å². The number of hydrogen-bond acceptors (Lipinski definition) is 4. The highest BCUT2D eigenvalue weighted by molar-refractivity contribution is 5.12. The zero-order valence-electron chi connectivity index (χ0n) is 11.2. The van der Waals surface area contributed by atoms with Crippen molar-refractivity contribution in [3.8, 4) is 0 Å². The third-order valence-electron chi connectivity index (χ3n) is 3.14. The summed E-state index contributed by atoms with van der Waals surface area (Å²) in [7, 11) is 0. The Morgan fingerprint density at radius 3 is 3.17 bits per heavy atom. The number of rotatable bonds is 5. The number of ether oxygens (including phenoxy) is 1. The highest BCUT2D eigenvalue weighted by atomic mass is 16.5. The fourth-order valence-corrected chi connectivity index (χ4v) is 2.36. The normalized spacial score (nSPS) is 21.7. The maximum Gasteiger partial charge on any atom is 0.114 e. The average molecular weight is 253 g/mol. The van der Waals surface area contributed by atoms with Crippen molar-refractivity contribution >= 4 is 0 Å². The molecule has 1 aromatic heterocycles. The summed E-state index contributed by atoms with van der Waals surface area (Å²) in [6.07, 6.45) is 0.677. The molecule has 0 aromatic carbocycles. The molecule has 2 N–H and O–H groups in total. The Labute approximate surface area is 108 Å². The van der Waals surface area contributed by atoms with E-state index >= 15 is 0 Å². The van der Waals surface area contributed by atoms with Gasteiger partial charge in [0.2, 0.25) is 0 Å². The third kappa shape index (κ3) is 3.54. The van der Waals surface area contributed by atoms with Gasteiger partial charge in [-0.2, -0.15) is 5.10 Å². The Hall–Kier alpha value is -0.910. The largest absolute Gasteiger partial charge is 0.396 e. The first-order valence-electron chi connectivity index (χ1n) is 6.68. The molecule has 1 atom stereocenters. The van der Waals surface area contributed by atoms with Crippen LogP contribution >= 0.6 is 0 Å². The number of nitrogens with one attached hydrogen (secondary N) is 1. The monoisotopic (exact) mass is 253 g/mol. The first kappa shape index (κ1) is 13.5. The van der Waals surface area contributed by atoms with Gasteiger partial charge >= 0.3 is 0 Å². The van der Waals surface area contributed by atoms with E-state index in [2.05, 4.69) is 28.9 Å². The molecule has 1 aliphatic heterocycles. The molecule has 0 aliphatic carbocycles. The summed E-state index contributed by atoms with van der Waals surface area (Å²) in [5.41, 5.74) is 1.92. The minimum atomic E-state index is 0.0567. The molecular formula is C13H23N3O2. The van der Waals surface area contributed by atoms with E-state index in [1.807, 2.05) is 6.07 Å². The number of aromatic amines is 1. The van der Waals surface area contributed by atoms with Gasteiger partial charge in [0, 0.05) is 38.4 Å². The van der Waals surface area contributed by atoms with Crippen LogP contribution in [0.25, 0.3) is 0 Å². The van der Waals surface area contributed by atoms with Crippen molar-refractivity contribution in [2.45, 2.75) is 26.4 Å². The highest BCUT2D eigenvalue weighted by Gasteiger charge is 2.24. The Kier molecular flexibility index (Phi) is 4.74. The third-order valence-corrected chi connectivity index (χ3v) is 3.14. The molecule has 2 heterocycles. The molecule has 18 heavy (non-hydrogen) atoms. The predicted molar refractivity (Wildman–Crippen MR) is 69.3 cm³/mol.